The second kappa shape index (κ2) is 8.18. The van der Waals surface area contributed by atoms with Crippen molar-refractivity contribution >= 4 is 22.6 Å². The summed E-state index contributed by atoms with van der Waals surface area (Å²) in [4.78, 5) is 40.4. The molecule has 8 heteroatoms. The third-order valence-electron chi connectivity index (χ3n) is 6.22. The molecule has 1 aromatic heterocycles. The van der Waals surface area contributed by atoms with E-state index in [2.05, 4.69) is 10.2 Å². The van der Waals surface area contributed by atoms with Gasteiger partial charge in [-0.3, -0.25) is 14.4 Å². The number of fused-ring (bicyclic) bond motifs is 1. The Hall–Kier alpha value is -3.55. The molecule has 0 spiro atoms. The van der Waals surface area contributed by atoms with E-state index in [0.717, 1.165) is 18.2 Å². The van der Waals surface area contributed by atoms with Gasteiger partial charge >= 0.3 is 0 Å². The Bertz CT molecular complexity index is 1260. The molecule has 2 heterocycles. The SMILES string of the molecule is O=C(c1ccc(Cc2n[nH]c(=O)c3ccccc23)cc1F)N1CCN(C(=O)C2CC2)CC1. The molecule has 1 N–H and O–H groups in total. The first-order valence-electron chi connectivity index (χ1n) is 10.8. The normalized spacial score (nSPS) is 16.4. The Balaban J connectivity index is 1.30. The predicted molar refractivity (Wildman–Crippen MR) is 117 cm³/mol. The minimum absolute atomic E-state index is 0.0232. The zero-order chi connectivity index (χ0) is 22.2. The van der Waals surface area contributed by atoms with Gasteiger partial charge in [-0.25, -0.2) is 9.49 Å². The fourth-order valence-electron chi connectivity index (χ4n) is 4.23. The van der Waals surface area contributed by atoms with Crippen LogP contribution in [-0.2, 0) is 11.2 Å². The number of nitrogens with zero attached hydrogens (tertiary/aromatic N) is 3. The van der Waals surface area contributed by atoms with E-state index in [0.29, 0.717) is 49.2 Å². The minimum atomic E-state index is -0.585. The number of aromatic nitrogens is 2. The van der Waals surface area contributed by atoms with Crippen LogP contribution in [0.25, 0.3) is 10.8 Å². The van der Waals surface area contributed by atoms with E-state index in [-0.39, 0.29) is 28.9 Å². The molecule has 1 aliphatic carbocycles. The van der Waals surface area contributed by atoms with Crippen molar-refractivity contribution in [3.63, 3.8) is 0 Å². The molecule has 1 saturated carbocycles. The van der Waals surface area contributed by atoms with Crippen LogP contribution in [0.2, 0.25) is 0 Å². The number of hydrogen-bond donors (Lipinski definition) is 1. The number of H-pyrrole nitrogens is 1. The molecule has 164 valence electrons. The van der Waals surface area contributed by atoms with Gasteiger partial charge in [0.15, 0.2) is 0 Å². The third-order valence-corrected chi connectivity index (χ3v) is 6.22. The number of carbonyl (C=O) groups is 2. The van der Waals surface area contributed by atoms with E-state index >= 15 is 0 Å². The predicted octanol–water partition coefficient (Wildman–Crippen LogP) is 2.35. The van der Waals surface area contributed by atoms with Gasteiger partial charge in [0.25, 0.3) is 11.5 Å². The zero-order valence-corrected chi connectivity index (χ0v) is 17.5. The number of benzene rings is 2. The Morgan fingerprint density at radius 1 is 1.00 bits per heavy atom. The average molecular weight is 434 g/mol. The first-order valence-corrected chi connectivity index (χ1v) is 10.8. The summed E-state index contributed by atoms with van der Waals surface area (Å²) in [5.74, 6) is -0.606. The number of halogens is 1. The summed E-state index contributed by atoms with van der Waals surface area (Å²) in [5, 5.41) is 7.87. The lowest BCUT2D eigenvalue weighted by atomic mass is 10.0. The monoisotopic (exact) mass is 434 g/mol. The smallest absolute Gasteiger partial charge is 0.272 e. The van der Waals surface area contributed by atoms with Crippen LogP contribution in [0.15, 0.2) is 47.3 Å². The van der Waals surface area contributed by atoms with Crippen LogP contribution in [0.1, 0.15) is 34.5 Å². The molecule has 2 aliphatic rings. The number of piperazine rings is 1. The summed E-state index contributed by atoms with van der Waals surface area (Å²) in [6.07, 6.45) is 2.24. The molecule has 0 atom stereocenters. The van der Waals surface area contributed by atoms with Gasteiger partial charge in [0.05, 0.1) is 16.6 Å². The first kappa shape index (κ1) is 20.4. The van der Waals surface area contributed by atoms with Gasteiger partial charge in [0, 0.05) is 43.9 Å². The molecule has 5 rings (SSSR count). The number of amides is 2. The lowest BCUT2D eigenvalue weighted by molar-refractivity contribution is -0.134. The molecule has 2 fully saturated rings. The van der Waals surface area contributed by atoms with Crippen LogP contribution in [0, 0.1) is 11.7 Å². The fourth-order valence-corrected chi connectivity index (χ4v) is 4.23. The maximum atomic E-state index is 14.9. The summed E-state index contributed by atoms with van der Waals surface area (Å²) in [6.45, 7) is 1.80. The van der Waals surface area contributed by atoms with Crippen LogP contribution >= 0.6 is 0 Å². The molecule has 2 aromatic carbocycles. The zero-order valence-electron chi connectivity index (χ0n) is 17.5. The van der Waals surface area contributed by atoms with Crippen LogP contribution in [-0.4, -0.2) is 58.0 Å². The number of carbonyl (C=O) groups excluding carboxylic acids is 2. The molecule has 2 amide bonds. The lowest BCUT2D eigenvalue weighted by Crippen LogP contribution is -2.51. The van der Waals surface area contributed by atoms with Crippen molar-refractivity contribution in [2.75, 3.05) is 26.2 Å². The Morgan fingerprint density at radius 2 is 1.69 bits per heavy atom. The van der Waals surface area contributed by atoms with Crippen molar-refractivity contribution in [3.05, 3.63) is 75.5 Å². The van der Waals surface area contributed by atoms with Crippen molar-refractivity contribution < 1.29 is 14.0 Å². The van der Waals surface area contributed by atoms with E-state index in [9.17, 15) is 18.8 Å². The fraction of sp³-hybridized carbons (Fsp3) is 0.333. The van der Waals surface area contributed by atoms with Gasteiger partial charge in [0.2, 0.25) is 5.91 Å². The summed E-state index contributed by atoms with van der Waals surface area (Å²) in [7, 11) is 0. The van der Waals surface area contributed by atoms with E-state index in [1.807, 2.05) is 17.0 Å². The quantitative estimate of drug-likeness (QED) is 0.683. The standard InChI is InChI=1S/C24H23FN4O3/c25-20-13-15(14-21-17-3-1-2-4-18(17)22(30)27-26-21)5-8-19(20)24(32)29-11-9-28(10-12-29)23(31)16-6-7-16/h1-5,8,13,16H,6-7,9-12,14H2,(H,27,30). The minimum Gasteiger partial charge on any atom is -0.339 e. The molecule has 32 heavy (non-hydrogen) atoms. The summed E-state index contributed by atoms with van der Waals surface area (Å²) >= 11 is 0. The van der Waals surface area contributed by atoms with E-state index < -0.39 is 5.82 Å². The molecule has 1 saturated heterocycles. The maximum absolute atomic E-state index is 14.9. The van der Waals surface area contributed by atoms with Crippen LogP contribution in [0.4, 0.5) is 4.39 Å². The highest BCUT2D eigenvalue weighted by atomic mass is 19.1. The molecule has 3 aromatic rings. The molecular weight excluding hydrogens is 411 g/mol. The van der Waals surface area contributed by atoms with E-state index in [4.69, 9.17) is 0 Å². The molecular formula is C24H23FN4O3. The highest BCUT2D eigenvalue weighted by Crippen LogP contribution is 2.31. The molecule has 0 bridgehead atoms. The van der Waals surface area contributed by atoms with Crippen molar-refractivity contribution in [3.8, 4) is 0 Å². The second-order valence-corrected chi connectivity index (χ2v) is 8.43. The van der Waals surface area contributed by atoms with Gasteiger partial charge in [0.1, 0.15) is 5.82 Å². The summed E-state index contributed by atoms with van der Waals surface area (Å²) in [6, 6.07) is 11.7. The van der Waals surface area contributed by atoms with Gasteiger partial charge in [-0.1, -0.05) is 24.3 Å². The van der Waals surface area contributed by atoms with Gasteiger partial charge < -0.3 is 9.80 Å². The molecule has 7 nitrogen and oxygen atoms in total. The number of aromatic amines is 1. The van der Waals surface area contributed by atoms with Crippen LogP contribution < -0.4 is 5.56 Å². The van der Waals surface area contributed by atoms with Gasteiger partial charge in [-0.05, 0) is 36.6 Å². The summed E-state index contributed by atoms with van der Waals surface area (Å²) < 4.78 is 14.9. The van der Waals surface area contributed by atoms with Crippen molar-refractivity contribution in [1.29, 1.82) is 0 Å². The highest BCUT2D eigenvalue weighted by Gasteiger charge is 2.35. The molecule has 0 unspecified atom stereocenters. The van der Waals surface area contributed by atoms with Crippen molar-refractivity contribution in [1.82, 2.24) is 20.0 Å². The largest absolute Gasteiger partial charge is 0.339 e. The van der Waals surface area contributed by atoms with E-state index in [1.54, 1.807) is 23.1 Å². The Morgan fingerprint density at radius 3 is 2.38 bits per heavy atom. The second-order valence-electron chi connectivity index (χ2n) is 8.43. The van der Waals surface area contributed by atoms with Gasteiger partial charge in [-0.15, -0.1) is 0 Å². The third kappa shape index (κ3) is 3.88. The molecule has 1 aliphatic heterocycles. The number of hydrogen-bond acceptors (Lipinski definition) is 4. The average Bonchev–Trinajstić information content (AvgIpc) is 3.66. The Kier molecular flexibility index (Phi) is 5.20. The number of rotatable bonds is 4. The number of nitrogens with one attached hydrogen (secondary N) is 1. The lowest BCUT2D eigenvalue weighted by Gasteiger charge is -2.35. The van der Waals surface area contributed by atoms with Crippen LogP contribution in [0.3, 0.4) is 0 Å². The highest BCUT2D eigenvalue weighted by molar-refractivity contribution is 5.95. The van der Waals surface area contributed by atoms with Crippen molar-refractivity contribution in [2.24, 2.45) is 5.92 Å². The summed E-state index contributed by atoms with van der Waals surface area (Å²) in [5.41, 5.74) is 1.05. The maximum Gasteiger partial charge on any atom is 0.272 e. The van der Waals surface area contributed by atoms with Crippen molar-refractivity contribution in [2.45, 2.75) is 19.3 Å². The van der Waals surface area contributed by atoms with E-state index in [1.165, 1.54) is 12.1 Å². The molecule has 0 radical (unpaired) electrons. The van der Waals surface area contributed by atoms with Crippen LogP contribution in [0.5, 0.6) is 0 Å². The Labute approximate surface area is 183 Å². The topological polar surface area (TPSA) is 86.4 Å². The first-order chi connectivity index (χ1) is 15.5. The van der Waals surface area contributed by atoms with Gasteiger partial charge in [-0.2, -0.15) is 5.10 Å².